The molecule has 2 amide bonds. The Bertz CT molecular complexity index is 271. The fourth-order valence-corrected chi connectivity index (χ4v) is 1.84. The summed E-state index contributed by atoms with van der Waals surface area (Å²) < 4.78 is 5.02. The van der Waals surface area contributed by atoms with Gasteiger partial charge in [0, 0.05) is 32.1 Å². The molecule has 0 aromatic rings. The average molecular weight is 243 g/mol. The topological polar surface area (TPSA) is 84.7 Å². The number of hydrogen-bond donors (Lipinski definition) is 2. The van der Waals surface area contributed by atoms with Gasteiger partial charge >= 0.3 is 0 Å². The fraction of sp³-hybridized carbons (Fsp3) is 0.818. The first-order valence-corrected chi connectivity index (χ1v) is 5.98. The summed E-state index contributed by atoms with van der Waals surface area (Å²) in [4.78, 5) is 24.6. The van der Waals surface area contributed by atoms with E-state index >= 15 is 0 Å². The molecule has 6 nitrogen and oxygen atoms in total. The van der Waals surface area contributed by atoms with Crippen molar-refractivity contribution in [3.63, 3.8) is 0 Å². The molecule has 0 saturated carbocycles. The lowest BCUT2D eigenvalue weighted by Crippen LogP contribution is -2.43. The zero-order chi connectivity index (χ0) is 12.7. The molecule has 0 spiro atoms. The van der Waals surface area contributed by atoms with Crippen LogP contribution in [-0.4, -0.2) is 55.6 Å². The second kappa shape index (κ2) is 7.24. The van der Waals surface area contributed by atoms with E-state index in [1.165, 1.54) is 0 Å². The van der Waals surface area contributed by atoms with Crippen molar-refractivity contribution in [3.8, 4) is 0 Å². The van der Waals surface area contributed by atoms with Crippen molar-refractivity contribution in [2.75, 3.05) is 32.8 Å². The predicted molar refractivity (Wildman–Crippen MR) is 63.3 cm³/mol. The highest BCUT2D eigenvalue weighted by Gasteiger charge is 2.22. The standard InChI is InChI=1S/C11H21N3O3/c1-9(7-14-5-2-3-11(14)16)13-10(15)8-17-6-4-12/h9H,2-8,12H2,1H3,(H,13,15). The summed E-state index contributed by atoms with van der Waals surface area (Å²) in [6, 6.07) is -0.0500. The molecule has 0 radical (unpaired) electrons. The van der Waals surface area contributed by atoms with Crippen LogP contribution in [-0.2, 0) is 14.3 Å². The molecule has 0 aliphatic carbocycles. The third-order valence-electron chi connectivity index (χ3n) is 2.57. The number of likely N-dealkylation sites (tertiary alicyclic amines) is 1. The van der Waals surface area contributed by atoms with Crippen molar-refractivity contribution in [1.29, 1.82) is 0 Å². The van der Waals surface area contributed by atoms with Crippen molar-refractivity contribution >= 4 is 11.8 Å². The van der Waals surface area contributed by atoms with Gasteiger partial charge in [-0.15, -0.1) is 0 Å². The molecule has 1 aliphatic heterocycles. The monoisotopic (exact) mass is 243 g/mol. The molecule has 0 aromatic heterocycles. The number of amides is 2. The minimum absolute atomic E-state index is 0.0233. The molecule has 98 valence electrons. The van der Waals surface area contributed by atoms with Crippen LogP contribution < -0.4 is 11.1 Å². The highest BCUT2D eigenvalue weighted by Crippen LogP contribution is 2.09. The van der Waals surface area contributed by atoms with E-state index in [0.29, 0.717) is 26.1 Å². The van der Waals surface area contributed by atoms with Crippen LogP contribution >= 0.6 is 0 Å². The maximum atomic E-state index is 11.4. The molecule has 0 aromatic carbocycles. The molecule has 1 fully saturated rings. The van der Waals surface area contributed by atoms with Crippen LogP contribution in [0, 0.1) is 0 Å². The molecule has 1 aliphatic rings. The number of ether oxygens (including phenoxy) is 1. The average Bonchev–Trinajstić information content (AvgIpc) is 2.64. The van der Waals surface area contributed by atoms with Crippen LogP contribution in [0.25, 0.3) is 0 Å². The van der Waals surface area contributed by atoms with E-state index in [1.807, 2.05) is 6.92 Å². The molecule has 1 rings (SSSR count). The Labute approximate surface area is 101 Å². The summed E-state index contributed by atoms with van der Waals surface area (Å²) in [5.74, 6) is 0.00285. The van der Waals surface area contributed by atoms with Gasteiger partial charge in [-0.3, -0.25) is 9.59 Å². The molecule has 1 atom stereocenters. The maximum absolute atomic E-state index is 11.4. The smallest absolute Gasteiger partial charge is 0.246 e. The first-order valence-electron chi connectivity index (χ1n) is 5.98. The van der Waals surface area contributed by atoms with Crippen LogP contribution in [0.2, 0.25) is 0 Å². The molecule has 3 N–H and O–H groups in total. The van der Waals surface area contributed by atoms with Gasteiger partial charge in [0.2, 0.25) is 11.8 Å². The van der Waals surface area contributed by atoms with E-state index in [0.717, 1.165) is 13.0 Å². The second-order valence-corrected chi connectivity index (χ2v) is 4.25. The van der Waals surface area contributed by atoms with Gasteiger partial charge in [-0.25, -0.2) is 0 Å². The van der Waals surface area contributed by atoms with Gasteiger partial charge in [0.05, 0.1) is 6.61 Å². The predicted octanol–water partition coefficient (Wildman–Crippen LogP) is -0.911. The van der Waals surface area contributed by atoms with Crippen molar-refractivity contribution in [1.82, 2.24) is 10.2 Å². The molecule has 1 unspecified atom stereocenters. The van der Waals surface area contributed by atoms with Crippen LogP contribution in [0.1, 0.15) is 19.8 Å². The van der Waals surface area contributed by atoms with Gasteiger partial charge < -0.3 is 20.7 Å². The largest absolute Gasteiger partial charge is 0.370 e. The zero-order valence-electron chi connectivity index (χ0n) is 10.3. The first kappa shape index (κ1) is 13.9. The summed E-state index contributed by atoms with van der Waals surface area (Å²) in [6.07, 6.45) is 1.54. The Balaban J connectivity index is 2.17. The number of nitrogens with zero attached hydrogens (tertiary/aromatic N) is 1. The van der Waals surface area contributed by atoms with E-state index in [9.17, 15) is 9.59 Å². The molecule has 1 saturated heterocycles. The lowest BCUT2D eigenvalue weighted by Gasteiger charge is -2.21. The summed E-state index contributed by atoms with van der Waals surface area (Å²) in [5, 5.41) is 2.79. The first-order chi connectivity index (χ1) is 8.13. The number of carbonyl (C=O) groups is 2. The normalized spacial score (nSPS) is 17.3. The van der Waals surface area contributed by atoms with E-state index in [-0.39, 0.29) is 24.5 Å². The second-order valence-electron chi connectivity index (χ2n) is 4.25. The van der Waals surface area contributed by atoms with Gasteiger partial charge in [0.15, 0.2) is 0 Å². The van der Waals surface area contributed by atoms with E-state index in [1.54, 1.807) is 4.90 Å². The van der Waals surface area contributed by atoms with Gasteiger partial charge in [-0.1, -0.05) is 0 Å². The molecule has 17 heavy (non-hydrogen) atoms. The quantitative estimate of drug-likeness (QED) is 0.567. The maximum Gasteiger partial charge on any atom is 0.246 e. The molecule has 6 heteroatoms. The third kappa shape index (κ3) is 5.14. The SMILES string of the molecule is CC(CN1CCCC1=O)NC(=O)COCCN. The highest BCUT2D eigenvalue weighted by molar-refractivity contribution is 5.79. The number of hydrogen-bond acceptors (Lipinski definition) is 4. The Morgan fingerprint density at radius 1 is 1.65 bits per heavy atom. The lowest BCUT2D eigenvalue weighted by molar-refractivity contribution is -0.130. The fourth-order valence-electron chi connectivity index (χ4n) is 1.84. The Hall–Kier alpha value is -1.14. The minimum atomic E-state index is -0.169. The van der Waals surface area contributed by atoms with Crippen molar-refractivity contribution in [2.24, 2.45) is 5.73 Å². The summed E-state index contributed by atoms with van der Waals surface area (Å²) >= 11 is 0. The zero-order valence-corrected chi connectivity index (χ0v) is 10.3. The van der Waals surface area contributed by atoms with Gasteiger partial charge in [-0.05, 0) is 13.3 Å². The van der Waals surface area contributed by atoms with Gasteiger partial charge in [0.1, 0.15) is 6.61 Å². The van der Waals surface area contributed by atoms with Crippen LogP contribution in [0.4, 0.5) is 0 Å². The molecule has 0 bridgehead atoms. The van der Waals surface area contributed by atoms with Crippen LogP contribution in [0.3, 0.4) is 0 Å². The highest BCUT2D eigenvalue weighted by atomic mass is 16.5. The minimum Gasteiger partial charge on any atom is -0.370 e. The van der Waals surface area contributed by atoms with Crippen LogP contribution in [0.15, 0.2) is 0 Å². The van der Waals surface area contributed by atoms with Crippen LogP contribution in [0.5, 0.6) is 0 Å². The van der Waals surface area contributed by atoms with E-state index in [4.69, 9.17) is 10.5 Å². The van der Waals surface area contributed by atoms with Gasteiger partial charge in [0.25, 0.3) is 0 Å². The number of nitrogens with two attached hydrogens (primary N) is 1. The Morgan fingerprint density at radius 3 is 3.00 bits per heavy atom. The van der Waals surface area contributed by atoms with Gasteiger partial charge in [-0.2, -0.15) is 0 Å². The third-order valence-corrected chi connectivity index (χ3v) is 2.57. The van der Waals surface area contributed by atoms with Crippen molar-refractivity contribution in [2.45, 2.75) is 25.8 Å². The van der Waals surface area contributed by atoms with E-state index in [2.05, 4.69) is 5.32 Å². The lowest BCUT2D eigenvalue weighted by atomic mass is 10.3. The Kier molecular flexibility index (Phi) is 5.93. The van der Waals surface area contributed by atoms with E-state index < -0.39 is 0 Å². The molecule has 1 heterocycles. The summed E-state index contributed by atoms with van der Waals surface area (Å²) in [7, 11) is 0. The number of carbonyl (C=O) groups excluding carboxylic acids is 2. The number of rotatable bonds is 7. The Morgan fingerprint density at radius 2 is 2.41 bits per heavy atom. The number of nitrogens with one attached hydrogen (secondary N) is 1. The molecular weight excluding hydrogens is 222 g/mol. The van der Waals surface area contributed by atoms with Crippen molar-refractivity contribution in [3.05, 3.63) is 0 Å². The summed E-state index contributed by atoms with van der Waals surface area (Å²) in [5.41, 5.74) is 5.24. The molecular formula is C11H21N3O3. The van der Waals surface area contributed by atoms with Crippen molar-refractivity contribution < 1.29 is 14.3 Å². The summed E-state index contributed by atoms with van der Waals surface area (Å²) in [6.45, 7) is 4.06.